The van der Waals surface area contributed by atoms with Crippen LogP contribution in [0.15, 0.2) is 42.6 Å². The summed E-state index contributed by atoms with van der Waals surface area (Å²) in [6.45, 7) is 0.671. The third kappa shape index (κ3) is 3.95. The average Bonchev–Trinajstić information content (AvgIpc) is 3.31. The molecule has 5 heteroatoms. The van der Waals surface area contributed by atoms with Gasteiger partial charge in [0.1, 0.15) is 5.69 Å². The molecule has 2 aromatic rings. The second-order valence-electron chi connectivity index (χ2n) is 5.16. The summed E-state index contributed by atoms with van der Waals surface area (Å²) in [5.74, 6) is -0.104. The van der Waals surface area contributed by atoms with Crippen molar-refractivity contribution < 1.29 is 4.79 Å². The first-order valence-electron chi connectivity index (χ1n) is 6.96. The molecule has 0 spiro atoms. The highest BCUT2D eigenvalue weighted by Gasteiger charge is 2.24. The summed E-state index contributed by atoms with van der Waals surface area (Å²) in [4.78, 5) is 16.1. The monoisotopic (exact) mass is 301 g/mol. The minimum atomic E-state index is -0.104. The fourth-order valence-electron chi connectivity index (χ4n) is 1.96. The van der Waals surface area contributed by atoms with Gasteiger partial charge in [0.25, 0.3) is 5.91 Å². The Balaban J connectivity index is 1.62. The summed E-state index contributed by atoms with van der Waals surface area (Å²) in [7, 11) is 0. The molecule has 3 rings (SSSR count). The number of halogens is 1. The molecule has 0 unspecified atom stereocenters. The van der Waals surface area contributed by atoms with Gasteiger partial charge in [0.15, 0.2) is 0 Å². The Labute approximate surface area is 128 Å². The number of hydrogen-bond acceptors (Lipinski definition) is 3. The zero-order valence-corrected chi connectivity index (χ0v) is 12.2. The largest absolute Gasteiger partial charge is 0.381 e. The van der Waals surface area contributed by atoms with Gasteiger partial charge in [-0.05, 0) is 42.7 Å². The predicted octanol–water partition coefficient (Wildman–Crippen LogP) is 3.24. The van der Waals surface area contributed by atoms with Gasteiger partial charge in [-0.25, -0.2) is 0 Å². The van der Waals surface area contributed by atoms with Crippen molar-refractivity contribution in [3.8, 4) is 0 Å². The molecule has 0 saturated heterocycles. The van der Waals surface area contributed by atoms with Crippen molar-refractivity contribution >= 4 is 23.2 Å². The molecule has 2 N–H and O–H groups in total. The molecular formula is C16H16ClN3O. The minimum absolute atomic E-state index is 0.104. The lowest BCUT2D eigenvalue weighted by atomic mass is 10.2. The molecule has 1 aliphatic rings. The van der Waals surface area contributed by atoms with Gasteiger partial charge in [-0.2, -0.15) is 0 Å². The summed E-state index contributed by atoms with van der Waals surface area (Å²) in [6.07, 6.45) is 3.78. The molecule has 0 atom stereocenters. The molecule has 1 aliphatic carbocycles. The second kappa shape index (κ2) is 6.14. The third-order valence-electron chi connectivity index (χ3n) is 3.32. The maximum absolute atomic E-state index is 11.9. The third-order valence-corrected chi connectivity index (χ3v) is 3.57. The molecule has 0 aliphatic heterocycles. The number of benzene rings is 1. The first kappa shape index (κ1) is 13.9. The van der Waals surface area contributed by atoms with Gasteiger partial charge >= 0.3 is 0 Å². The van der Waals surface area contributed by atoms with Crippen LogP contribution in [0.1, 0.15) is 28.9 Å². The number of nitrogens with one attached hydrogen (secondary N) is 2. The van der Waals surface area contributed by atoms with E-state index in [9.17, 15) is 4.79 Å². The maximum atomic E-state index is 11.9. The van der Waals surface area contributed by atoms with Gasteiger partial charge in [-0.1, -0.05) is 23.7 Å². The van der Waals surface area contributed by atoms with Gasteiger partial charge in [0.2, 0.25) is 0 Å². The highest BCUT2D eigenvalue weighted by molar-refractivity contribution is 6.30. The van der Waals surface area contributed by atoms with E-state index >= 15 is 0 Å². The van der Waals surface area contributed by atoms with E-state index in [-0.39, 0.29) is 5.91 Å². The molecule has 0 bridgehead atoms. The number of rotatable bonds is 5. The molecule has 1 amide bonds. The topological polar surface area (TPSA) is 54.0 Å². The SMILES string of the molecule is O=C(NC1CC1)c1cc(NCc2ccc(Cl)cc2)ccn1. The molecule has 1 fully saturated rings. The number of aromatic nitrogens is 1. The molecule has 108 valence electrons. The van der Waals surface area contributed by atoms with Gasteiger partial charge in [-0.15, -0.1) is 0 Å². The molecule has 0 radical (unpaired) electrons. The molecule has 1 heterocycles. The molecule has 1 saturated carbocycles. The zero-order valence-electron chi connectivity index (χ0n) is 11.5. The van der Waals surface area contributed by atoms with E-state index in [0.717, 1.165) is 29.1 Å². The molecular weight excluding hydrogens is 286 g/mol. The van der Waals surface area contributed by atoms with Crippen molar-refractivity contribution in [1.29, 1.82) is 0 Å². The number of hydrogen-bond donors (Lipinski definition) is 2. The smallest absolute Gasteiger partial charge is 0.270 e. The lowest BCUT2D eigenvalue weighted by molar-refractivity contribution is 0.0946. The highest BCUT2D eigenvalue weighted by Crippen LogP contribution is 2.19. The molecule has 1 aromatic heterocycles. The van der Waals surface area contributed by atoms with Crippen LogP contribution in [0.4, 0.5) is 5.69 Å². The van der Waals surface area contributed by atoms with Crippen LogP contribution in [0.5, 0.6) is 0 Å². The van der Waals surface area contributed by atoms with Crippen LogP contribution >= 0.6 is 11.6 Å². The van der Waals surface area contributed by atoms with E-state index in [2.05, 4.69) is 15.6 Å². The van der Waals surface area contributed by atoms with Crippen molar-refractivity contribution in [2.75, 3.05) is 5.32 Å². The van der Waals surface area contributed by atoms with Crippen LogP contribution in [0.2, 0.25) is 5.02 Å². The average molecular weight is 302 g/mol. The lowest BCUT2D eigenvalue weighted by Crippen LogP contribution is -2.26. The van der Waals surface area contributed by atoms with Gasteiger partial charge in [0, 0.05) is 29.5 Å². The first-order chi connectivity index (χ1) is 10.2. The fraction of sp³-hybridized carbons (Fsp3) is 0.250. The predicted molar refractivity (Wildman–Crippen MR) is 83.5 cm³/mol. The van der Waals surface area contributed by atoms with E-state index in [1.54, 1.807) is 12.3 Å². The lowest BCUT2D eigenvalue weighted by Gasteiger charge is -2.08. The van der Waals surface area contributed by atoms with E-state index in [4.69, 9.17) is 11.6 Å². The van der Waals surface area contributed by atoms with Crippen LogP contribution in [0.25, 0.3) is 0 Å². The summed E-state index contributed by atoms with van der Waals surface area (Å²) >= 11 is 5.86. The maximum Gasteiger partial charge on any atom is 0.270 e. The standard InChI is InChI=1S/C16H16ClN3O/c17-12-3-1-11(2-4-12)10-19-14-7-8-18-15(9-14)16(21)20-13-5-6-13/h1-4,7-9,13H,5-6,10H2,(H,18,19)(H,20,21). The van der Waals surface area contributed by atoms with Crippen LogP contribution in [-0.4, -0.2) is 16.9 Å². The Morgan fingerprint density at radius 2 is 2.00 bits per heavy atom. The Kier molecular flexibility index (Phi) is 4.06. The first-order valence-corrected chi connectivity index (χ1v) is 7.34. The number of pyridine rings is 1. The van der Waals surface area contributed by atoms with Gasteiger partial charge < -0.3 is 10.6 Å². The summed E-state index contributed by atoms with van der Waals surface area (Å²) in [5, 5.41) is 6.94. The van der Waals surface area contributed by atoms with Crippen LogP contribution < -0.4 is 10.6 Å². The van der Waals surface area contributed by atoms with Crippen molar-refractivity contribution in [2.24, 2.45) is 0 Å². The van der Waals surface area contributed by atoms with Crippen LogP contribution in [0.3, 0.4) is 0 Å². The van der Waals surface area contributed by atoms with E-state index in [1.807, 2.05) is 30.3 Å². The summed E-state index contributed by atoms with van der Waals surface area (Å²) < 4.78 is 0. The van der Waals surface area contributed by atoms with E-state index in [0.29, 0.717) is 18.3 Å². The van der Waals surface area contributed by atoms with Gasteiger partial charge in [0.05, 0.1) is 0 Å². The van der Waals surface area contributed by atoms with Crippen LogP contribution in [0, 0.1) is 0 Å². The van der Waals surface area contributed by atoms with Crippen LogP contribution in [-0.2, 0) is 6.54 Å². The Morgan fingerprint density at radius 3 is 2.71 bits per heavy atom. The highest BCUT2D eigenvalue weighted by atomic mass is 35.5. The number of amides is 1. The Bertz CT molecular complexity index is 638. The fourth-order valence-corrected chi connectivity index (χ4v) is 2.08. The number of anilines is 1. The number of carbonyl (C=O) groups is 1. The number of carbonyl (C=O) groups excluding carboxylic acids is 1. The van der Waals surface area contributed by atoms with E-state index < -0.39 is 0 Å². The molecule has 21 heavy (non-hydrogen) atoms. The quantitative estimate of drug-likeness (QED) is 0.891. The summed E-state index contributed by atoms with van der Waals surface area (Å²) in [6, 6.07) is 11.6. The Hall–Kier alpha value is -2.07. The van der Waals surface area contributed by atoms with Crippen molar-refractivity contribution in [2.45, 2.75) is 25.4 Å². The van der Waals surface area contributed by atoms with Crippen molar-refractivity contribution in [3.63, 3.8) is 0 Å². The Morgan fingerprint density at radius 1 is 1.24 bits per heavy atom. The van der Waals surface area contributed by atoms with Gasteiger partial charge in [-0.3, -0.25) is 9.78 Å². The molecule has 4 nitrogen and oxygen atoms in total. The minimum Gasteiger partial charge on any atom is -0.381 e. The van der Waals surface area contributed by atoms with Crippen molar-refractivity contribution in [1.82, 2.24) is 10.3 Å². The van der Waals surface area contributed by atoms with E-state index in [1.165, 1.54) is 0 Å². The normalized spacial score (nSPS) is 13.8. The summed E-state index contributed by atoms with van der Waals surface area (Å²) in [5.41, 5.74) is 2.45. The van der Waals surface area contributed by atoms with Crippen molar-refractivity contribution in [3.05, 3.63) is 58.9 Å². The number of nitrogens with zero attached hydrogens (tertiary/aromatic N) is 1. The zero-order chi connectivity index (χ0) is 14.7. The molecule has 1 aromatic carbocycles. The second-order valence-corrected chi connectivity index (χ2v) is 5.59.